The van der Waals surface area contributed by atoms with Gasteiger partial charge < -0.3 is 10.6 Å². The van der Waals surface area contributed by atoms with Gasteiger partial charge in [0.05, 0.1) is 21.1 Å². The van der Waals surface area contributed by atoms with E-state index in [9.17, 15) is 4.79 Å². The average Bonchev–Trinajstić information content (AvgIpc) is 2.83. The van der Waals surface area contributed by atoms with Crippen LogP contribution in [0.1, 0.15) is 20.3 Å². The van der Waals surface area contributed by atoms with E-state index in [-0.39, 0.29) is 11.8 Å². The highest BCUT2D eigenvalue weighted by Crippen LogP contribution is 2.39. The van der Waals surface area contributed by atoms with Crippen LogP contribution in [-0.4, -0.2) is 19.0 Å². The van der Waals surface area contributed by atoms with Gasteiger partial charge in [-0.2, -0.15) is 0 Å². The fourth-order valence-corrected chi connectivity index (χ4v) is 3.86. The van der Waals surface area contributed by atoms with Crippen molar-refractivity contribution in [2.45, 2.75) is 20.3 Å². The topological polar surface area (TPSA) is 41.1 Å². The maximum atomic E-state index is 12.7. The number of carbonyl (C=O) groups is 1. The fraction of sp³-hybridized carbons (Fsp3) is 0.500. The Hall–Kier alpha value is -0.290. The number of rotatable bonds is 3. The van der Waals surface area contributed by atoms with Crippen LogP contribution in [0.3, 0.4) is 0 Å². The monoisotopic (exact) mass is 378 g/mol. The molecular weight excluding hydrogens is 363 g/mol. The maximum Gasteiger partial charge on any atom is 0.232 e. The third-order valence-electron chi connectivity index (χ3n) is 3.99. The van der Waals surface area contributed by atoms with E-state index in [0.717, 1.165) is 17.4 Å². The lowest BCUT2D eigenvalue weighted by Gasteiger charge is -2.31. The quantitative estimate of drug-likeness (QED) is 0.820. The summed E-state index contributed by atoms with van der Waals surface area (Å²) in [6, 6.07) is 3.44. The summed E-state index contributed by atoms with van der Waals surface area (Å²) in [4.78, 5) is 12.7. The van der Waals surface area contributed by atoms with Gasteiger partial charge in [-0.05, 0) is 31.0 Å². The molecule has 0 saturated carbocycles. The van der Waals surface area contributed by atoms with Crippen molar-refractivity contribution in [2.75, 3.05) is 18.4 Å². The number of anilines is 1. The first-order valence-electron chi connectivity index (χ1n) is 6.53. The molecule has 0 aromatic heterocycles. The molecule has 1 amide bonds. The zero-order valence-electron chi connectivity index (χ0n) is 11.4. The van der Waals surface area contributed by atoms with Crippen molar-refractivity contribution in [3.63, 3.8) is 0 Å². The molecule has 1 atom stereocenters. The highest BCUT2D eigenvalue weighted by Gasteiger charge is 2.44. The summed E-state index contributed by atoms with van der Waals surface area (Å²) in [5, 5.41) is 7.04. The first-order chi connectivity index (χ1) is 9.36. The summed E-state index contributed by atoms with van der Waals surface area (Å²) in [5.74, 6) is 0.217. The highest BCUT2D eigenvalue weighted by atomic mass is 79.9. The highest BCUT2D eigenvalue weighted by molar-refractivity contribution is 9.10. The smallest absolute Gasteiger partial charge is 0.232 e. The Morgan fingerprint density at radius 2 is 2.00 bits per heavy atom. The number of hydrogen-bond donors (Lipinski definition) is 2. The van der Waals surface area contributed by atoms with Crippen LogP contribution < -0.4 is 10.6 Å². The van der Waals surface area contributed by atoms with E-state index < -0.39 is 5.41 Å². The first kappa shape index (κ1) is 16.1. The van der Waals surface area contributed by atoms with Crippen LogP contribution in [0, 0.1) is 11.3 Å². The molecule has 3 nitrogen and oxygen atoms in total. The van der Waals surface area contributed by atoms with Crippen LogP contribution >= 0.6 is 39.1 Å². The molecule has 1 aliphatic heterocycles. The fourth-order valence-electron chi connectivity index (χ4n) is 2.56. The van der Waals surface area contributed by atoms with Crippen LogP contribution in [-0.2, 0) is 4.79 Å². The summed E-state index contributed by atoms with van der Waals surface area (Å²) >= 11 is 15.7. The SMILES string of the molecule is CC(C)C1(C(=O)Nc2c(Cl)cc(Br)cc2Cl)CCNC1. The van der Waals surface area contributed by atoms with E-state index in [1.165, 1.54) is 0 Å². The average molecular weight is 380 g/mol. The Labute approximate surface area is 137 Å². The lowest BCUT2D eigenvalue weighted by Crippen LogP contribution is -2.42. The Morgan fingerprint density at radius 3 is 2.45 bits per heavy atom. The van der Waals surface area contributed by atoms with Gasteiger partial charge in [-0.1, -0.05) is 53.0 Å². The molecule has 1 heterocycles. The van der Waals surface area contributed by atoms with Crippen LogP contribution in [0.15, 0.2) is 16.6 Å². The molecule has 1 saturated heterocycles. The zero-order valence-corrected chi connectivity index (χ0v) is 14.5. The molecule has 1 unspecified atom stereocenters. The lowest BCUT2D eigenvalue weighted by atomic mass is 9.75. The van der Waals surface area contributed by atoms with E-state index >= 15 is 0 Å². The Bertz CT molecular complexity index is 505. The van der Waals surface area contributed by atoms with Crippen molar-refractivity contribution in [2.24, 2.45) is 11.3 Å². The molecule has 1 fully saturated rings. The summed E-state index contributed by atoms with van der Waals surface area (Å²) in [7, 11) is 0. The van der Waals surface area contributed by atoms with E-state index in [0.29, 0.717) is 22.3 Å². The van der Waals surface area contributed by atoms with Crippen LogP contribution in [0.4, 0.5) is 5.69 Å². The van der Waals surface area contributed by atoms with Crippen molar-refractivity contribution in [3.8, 4) is 0 Å². The van der Waals surface area contributed by atoms with Crippen LogP contribution in [0.25, 0.3) is 0 Å². The van der Waals surface area contributed by atoms with E-state index in [2.05, 4.69) is 40.4 Å². The molecule has 0 aliphatic carbocycles. The van der Waals surface area contributed by atoms with E-state index in [4.69, 9.17) is 23.2 Å². The van der Waals surface area contributed by atoms with E-state index in [1.54, 1.807) is 12.1 Å². The standard InChI is InChI=1S/C14H17BrCl2N2O/c1-8(2)14(3-4-18-7-14)13(20)19-12-10(16)5-9(15)6-11(12)17/h5-6,8,18H,3-4,7H2,1-2H3,(H,19,20). The van der Waals surface area contributed by atoms with Crippen molar-refractivity contribution in [3.05, 3.63) is 26.7 Å². The van der Waals surface area contributed by atoms with Gasteiger partial charge in [-0.15, -0.1) is 0 Å². The number of hydrogen-bond acceptors (Lipinski definition) is 2. The number of amides is 1. The van der Waals surface area contributed by atoms with Gasteiger partial charge in [0, 0.05) is 11.0 Å². The third kappa shape index (κ3) is 2.98. The molecule has 1 aromatic rings. The molecule has 0 bridgehead atoms. The normalized spacial score (nSPS) is 22.3. The van der Waals surface area contributed by atoms with Crippen molar-refractivity contribution >= 4 is 50.7 Å². The van der Waals surface area contributed by atoms with Crippen LogP contribution in [0.5, 0.6) is 0 Å². The number of benzene rings is 1. The maximum absolute atomic E-state index is 12.7. The minimum atomic E-state index is -0.403. The predicted octanol–water partition coefficient (Wildman–Crippen LogP) is 4.33. The Morgan fingerprint density at radius 1 is 1.40 bits per heavy atom. The predicted molar refractivity (Wildman–Crippen MR) is 87.5 cm³/mol. The first-order valence-corrected chi connectivity index (χ1v) is 8.08. The molecule has 2 N–H and O–H groups in total. The van der Waals surface area contributed by atoms with Gasteiger partial charge in [-0.25, -0.2) is 0 Å². The van der Waals surface area contributed by atoms with E-state index in [1.807, 2.05) is 0 Å². The number of nitrogens with one attached hydrogen (secondary N) is 2. The zero-order chi connectivity index (χ0) is 14.9. The molecular formula is C14H17BrCl2N2O. The molecule has 6 heteroatoms. The van der Waals surface area contributed by atoms with Gasteiger partial charge in [-0.3, -0.25) is 4.79 Å². The van der Waals surface area contributed by atoms with Gasteiger partial charge in [0.1, 0.15) is 0 Å². The van der Waals surface area contributed by atoms with Gasteiger partial charge in [0.15, 0.2) is 0 Å². The molecule has 2 rings (SSSR count). The lowest BCUT2D eigenvalue weighted by molar-refractivity contribution is -0.126. The molecule has 0 radical (unpaired) electrons. The largest absolute Gasteiger partial charge is 0.323 e. The minimum absolute atomic E-state index is 0.0244. The summed E-state index contributed by atoms with van der Waals surface area (Å²) < 4.78 is 0.784. The summed E-state index contributed by atoms with van der Waals surface area (Å²) in [5.41, 5.74) is 0.0770. The van der Waals surface area contributed by atoms with Gasteiger partial charge in [0.2, 0.25) is 5.91 Å². The summed E-state index contributed by atoms with van der Waals surface area (Å²) in [6.07, 6.45) is 0.822. The second-order valence-corrected chi connectivity index (χ2v) is 7.17. The number of carbonyl (C=O) groups excluding carboxylic acids is 1. The van der Waals surface area contributed by atoms with Gasteiger partial charge in [0.25, 0.3) is 0 Å². The van der Waals surface area contributed by atoms with Crippen molar-refractivity contribution in [1.82, 2.24) is 5.32 Å². The van der Waals surface area contributed by atoms with Crippen molar-refractivity contribution < 1.29 is 4.79 Å². The third-order valence-corrected chi connectivity index (χ3v) is 5.05. The second-order valence-electron chi connectivity index (χ2n) is 5.44. The summed E-state index contributed by atoms with van der Waals surface area (Å²) in [6.45, 7) is 5.67. The molecule has 20 heavy (non-hydrogen) atoms. The Kier molecular flexibility index (Phi) is 5.00. The molecule has 1 aromatic carbocycles. The Balaban J connectivity index is 2.28. The van der Waals surface area contributed by atoms with Gasteiger partial charge >= 0.3 is 0 Å². The number of halogens is 3. The van der Waals surface area contributed by atoms with Crippen molar-refractivity contribution in [1.29, 1.82) is 0 Å². The molecule has 0 spiro atoms. The van der Waals surface area contributed by atoms with Crippen LogP contribution in [0.2, 0.25) is 10.0 Å². The second kappa shape index (κ2) is 6.22. The minimum Gasteiger partial charge on any atom is -0.323 e. The molecule has 1 aliphatic rings. The molecule has 110 valence electrons.